The van der Waals surface area contributed by atoms with Crippen LogP contribution in [0.25, 0.3) is 5.69 Å². The summed E-state index contributed by atoms with van der Waals surface area (Å²) in [6.45, 7) is 0. The maximum absolute atomic E-state index is 10.8. The van der Waals surface area contributed by atoms with Crippen LogP contribution in [0.15, 0.2) is 42.7 Å². The van der Waals surface area contributed by atoms with E-state index in [1.165, 1.54) is 10.7 Å². The Kier molecular flexibility index (Phi) is 2.18. The molecule has 1 aromatic heterocycles. The summed E-state index contributed by atoms with van der Waals surface area (Å²) in [6.07, 6.45) is 3.30. The van der Waals surface area contributed by atoms with E-state index < -0.39 is 0 Å². The number of benzene rings is 1. The van der Waals surface area contributed by atoms with Crippen molar-refractivity contribution in [3.05, 3.63) is 47.9 Å². The fourth-order valence-electron chi connectivity index (χ4n) is 1.23. The minimum atomic E-state index is -0.170. The zero-order valence-electron chi connectivity index (χ0n) is 7.24. The second-order valence-electron chi connectivity index (χ2n) is 2.71. The second-order valence-corrected chi connectivity index (χ2v) is 2.71. The number of aromatic nitrogens is 2. The van der Waals surface area contributed by atoms with E-state index in [1.807, 2.05) is 0 Å². The molecule has 0 spiro atoms. The Balaban J connectivity index is 2.53. The van der Waals surface area contributed by atoms with Crippen molar-refractivity contribution in [1.29, 1.82) is 0 Å². The third-order valence-corrected chi connectivity index (χ3v) is 1.84. The van der Waals surface area contributed by atoms with Gasteiger partial charge in [-0.3, -0.25) is 5.21 Å². The molecular weight excluding hydrogens is 182 g/mol. The molecule has 0 unspecified atom stereocenters. The molecule has 2 aromatic rings. The molecule has 1 heterocycles. The van der Waals surface area contributed by atoms with Crippen LogP contribution in [0.4, 0.5) is 5.69 Å². The Morgan fingerprint density at radius 1 is 1.29 bits per heavy atom. The van der Waals surface area contributed by atoms with Crippen LogP contribution in [0, 0.1) is 5.21 Å². The number of hydrogen-bond donors (Lipinski definition) is 1. The topological polar surface area (TPSA) is 64.3 Å². The van der Waals surface area contributed by atoms with Crippen LogP contribution in [0.5, 0.6) is 0 Å². The van der Waals surface area contributed by atoms with Gasteiger partial charge in [0.05, 0.1) is 11.4 Å². The van der Waals surface area contributed by atoms with Crippen molar-refractivity contribution in [2.75, 3.05) is 5.23 Å². The number of rotatable bonds is 2. The molecule has 1 aromatic carbocycles. The number of anilines is 1. The van der Waals surface area contributed by atoms with Crippen LogP contribution in [0.1, 0.15) is 0 Å². The number of hydrogen-bond acceptors (Lipinski definition) is 4. The molecule has 5 heteroatoms. The lowest BCUT2D eigenvalue weighted by Crippen LogP contribution is -2.11. The lowest BCUT2D eigenvalue weighted by atomic mass is 10.3. The fraction of sp³-hybridized carbons (Fsp3) is 0. The van der Waals surface area contributed by atoms with Crippen LogP contribution in [-0.2, 0) is 0 Å². The van der Waals surface area contributed by atoms with Gasteiger partial charge in [-0.25, -0.2) is 4.68 Å². The van der Waals surface area contributed by atoms with Gasteiger partial charge in [0.15, 0.2) is 0 Å². The smallest absolute Gasteiger partial charge is 0.0892 e. The van der Waals surface area contributed by atoms with Crippen molar-refractivity contribution in [3.8, 4) is 5.69 Å². The van der Waals surface area contributed by atoms with Crippen molar-refractivity contribution >= 4 is 5.69 Å². The Bertz CT molecular complexity index is 412. The van der Waals surface area contributed by atoms with Crippen molar-refractivity contribution < 1.29 is 5.21 Å². The molecule has 0 aliphatic carbocycles. The van der Waals surface area contributed by atoms with E-state index >= 15 is 0 Å². The molecule has 0 aliphatic heterocycles. The summed E-state index contributed by atoms with van der Waals surface area (Å²) in [6, 6.07) is 8.39. The Hall–Kier alpha value is -1.85. The lowest BCUT2D eigenvalue weighted by Gasteiger charge is -2.24. The van der Waals surface area contributed by atoms with Gasteiger partial charge in [-0.15, -0.1) is 0 Å². The van der Waals surface area contributed by atoms with Gasteiger partial charge in [-0.05, 0) is 18.2 Å². The minimum Gasteiger partial charge on any atom is -0.733 e. The van der Waals surface area contributed by atoms with Gasteiger partial charge < -0.3 is 10.4 Å². The fourth-order valence-corrected chi connectivity index (χ4v) is 1.23. The first kappa shape index (κ1) is 8.74. The average molecular weight is 190 g/mol. The summed E-state index contributed by atoms with van der Waals surface area (Å²) >= 11 is 0. The average Bonchev–Trinajstić information content (AvgIpc) is 2.70. The van der Waals surface area contributed by atoms with Crippen molar-refractivity contribution in [3.63, 3.8) is 0 Å². The molecule has 0 aliphatic rings. The third kappa shape index (κ3) is 1.46. The van der Waals surface area contributed by atoms with Crippen molar-refractivity contribution in [2.24, 2.45) is 0 Å². The predicted molar refractivity (Wildman–Crippen MR) is 51.2 cm³/mol. The van der Waals surface area contributed by atoms with E-state index in [0.29, 0.717) is 5.69 Å². The standard InChI is InChI=1S/C9H8N3O2/c13-12(14)9-5-2-1-4-8(9)11-7-3-6-10-11/h1-7,13H/q-1. The largest absolute Gasteiger partial charge is 0.733 e. The van der Waals surface area contributed by atoms with Gasteiger partial charge in [-0.2, -0.15) is 5.10 Å². The SMILES string of the molecule is [O-]N(O)c1ccccc1-n1cccn1. The summed E-state index contributed by atoms with van der Waals surface area (Å²) in [7, 11) is 0. The monoisotopic (exact) mass is 190 g/mol. The highest BCUT2D eigenvalue weighted by Gasteiger charge is 2.03. The molecule has 2 rings (SSSR count). The van der Waals surface area contributed by atoms with Crippen LogP contribution in [0.3, 0.4) is 0 Å². The molecule has 0 radical (unpaired) electrons. The van der Waals surface area contributed by atoms with Crippen LogP contribution in [0.2, 0.25) is 0 Å². The van der Waals surface area contributed by atoms with E-state index in [0.717, 1.165) is 0 Å². The Labute approximate surface area is 80.4 Å². The van der Waals surface area contributed by atoms with Gasteiger partial charge in [0.2, 0.25) is 0 Å². The van der Waals surface area contributed by atoms with Gasteiger partial charge in [0.1, 0.15) is 0 Å². The van der Waals surface area contributed by atoms with Crippen LogP contribution in [-0.4, -0.2) is 15.0 Å². The molecule has 72 valence electrons. The second kappa shape index (κ2) is 3.49. The zero-order chi connectivity index (χ0) is 9.97. The van der Waals surface area contributed by atoms with E-state index in [4.69, 9.17) is 5.21 Å². The van der Waals surface area contributed by atoms with Crippen molar-refractivity contribution in [1.82, 2.24) is 9.78 Å². The lowest BCUT2D eigenvalue weighted by molar-refractivity contribution is 0.296. The van der Waals surface area contributed by atoms with Crippen LogP contribution < -0.4 is 5.23 Å². The molecule has 0 fully saturated rings. The normalized spacial score (nSPS) is 10.1. The summed E-state index contributed by atoms with van der Waals surface area (Å²) in [4.78, 5) is 0. The first-order valence-corrected chi connectivity index (χ1v) is 4.04. The molecule has 5 nitrogen and oxygen atoms in total. The van der Waals surface area contributed by atoms with E-state index in [1.54, 1.807) is 36.7 Å². The molecular formula is C9H8N3O2-. The maximum Gasteiger partial charge on any atom is 0.0892 e. The zero-order valence-corrected chi connectivity index (χ0v) is 7.24. The molecule has 0 bridgehead atoms. The number of nitrogens with zero attached hydrogens (tertiary/aromatic N) is 3. The summed E-state index contributed by atoms with van der Waals surface area (Å²) in [5, 5.41) is 23.4. The van der Waals surface area contributed by atoms with E-state index in [-0.39, 0.29) is 10.9 Å². The quantitative estimate of drug-likeness (QED) is 0.730. The predicted octanol–water partition coefficient (Wildman–Crippen LogP) is 1.57. The Morgan fingerprint density at radius 3 is 2.71 bits per heavy atom. The Morgan fingerprint density at radius 2 is 2.07 bits per heavy atom. The first-order chi connectivity index (χ1) is 6.79. The maximum atomic E-state index is 10.8. The number of para-hydroxylation sites is 2. The third-order valence-electron chi connectivity index (χ3n) is 1.84. The summed E-state index contributed by atoms with van der Waals surface area (Å²) in [5.74, 6) is 0. The molecule has 0 atom stereocenters. The summed E-state index contributed by atoms with van der Waals surface area (Å²) in [5.41, 5.74) is 0.700. The van der Waals surface area contributed by atoms with Crippen LogP contribution >= 0.6 is 0 Å². The van der Waals surface area contributed by atoms with Gasteiger partial charge >= 0.3 is 0 Å². The highest BCUT2D eigenvalue weighted by Crippen LogP contribution is 2.21. The highest BCUT2D eigenvalue weighted by molar-refractivity contribution is 5.61. The van der Waals surface area contributed by atoms with Gasteiger partial charge in [0.25, 0.3) is 0 Å². The van der Waals surface area contributed by atoms with Gasteiger partial charge in [0, 0.05) is 12.4 Å². The van der Waals surface area contributed by atoms with Gasteiger partial charge in [-0.1, -0.05) is 12.1 Å². The minimum absolute atomic E-state index is 0.163. The van der Waals surface area contributed by atoms with E-state index in [9.17, 15) is 5.21 Å². The highest BCUT2D eigenvalue weighted by atomic mass is 16.8. The molecule has 0 amide bonds. The molecule has 0 saturated carbocycles. The summed E-state index contributed by atoms with van der Waals surface area (Å²) < 4.78 is 1.51. The molecule has 1 N–H and O–H groups in total. The molecule has 14 heavy (non-hydrogen) atoms. The molecule has 0 saturated heterocycles. The van der Waals surface area contributed by atoms with Crippen molar-refractivity contribution in [2.45, 2.75) is 0 Å². The first-order valence-electron chi connectivity index (χ1n) is 4.04. The van der Waals surface area contributed by atoms with E-state index in [2.05, 4.69) is 5.10 Å².